The summed E-state index contributed by atoms with van der Waals surface area (Å²) in [6.07, 6.45) is 3.61. The Morgan fingerprint density at radius 3 is 2.71 bits per heavy atom. The Morgan fingerprint density at radius 2 is 2.05 bits per heavy atom. The third-order valence-electron chi connectivity index (χ3n) is 4.43. The number of unbranched alkanes of at least 4 members (excludes halogenated alkanes) is 1. The van der Waals surface area contributed by atoms with Crippen LogP contribution in [-0.2, 0) is 14.4 Å². The molecule has 0 radical (unpaired) electrons. The molecule has 2 saturated heterocycles. The van der Waals surface area contributed by atoms with Crippen molar-refractivity contribution < 1.29 is 19.5 Å². The first-order chi connectivity index (χ1) is 10.0. The van der Waals surface area contributed by atoms with E-state index in [1.54, 1.807) is 9.80 Å². The van der Waals surface area contributed by atoms with Crippen LogP contribution in [0.2, 0.25) is 0 Å². The second kappa shape index (κ2) is 6.91. The Bertz CT molecular complexity index is 424. The molecule has 0 bridgehead atoms. The van der Waals surface area contributed by atoms with Crippen LogP contribution in [0.4, 0.5) is 0 Å². The molecule has 2 amide bonds. The minimum Gasteiger partial charge on any atom is -0.481 e. The van der Waals surface area contributed by atoms with Crippen LogP contribution >= 0.6 is 0 Å². The summed E-state index contributed by atoms with van der Waals surface area (Å²) in [4.78, 5) is 38.9. The van der Waals surface area contributed by atoms with Gasteiger partial charge < -0.3 is 14.9 Å². The minimum atomic E-state index is -0.834. The maximum absolute atomic E-state index is 12.5. The molecule has 6 heteroatoms. The molecular formula is C15H24N2O4. The molecule has 2 atom stereocenters. The SMILES string of the molecule is CCCCN1C[C@@H](C(=O)N2CCC[C@@H](C(=O)O)C2)CC1=O. The number of amides is 2. The van der Waals surface area contributed by atoms with Crippen molar-refractivity contribution in [1.82, 2.24) is 9.80 Å². The van der Waals surface area contributed by atoms with Gasteiger partial charge in [0.25, 0.3) is 0 Å². The zero-order chi connectivity index (χ0) is 15.4. The number of likely N-dealkylation sites (tertiary alicyclic amines) is 2. The fourth-order valence-electron chi connectivity index (χ4n) is 3.14. The second-order valence-corrected chi connectivity index (χ2v) is 6.06. The molecule has 0 saturated carbocycles. The fourth-order valence-corrected chi connectivity index (χ4v) is 3.14. The summed E-state index contributed by atoms with van der Waals surface area (Å²) in [7, 11) is 0. The Hall–Kier alpha value is -1.59. The molecule has 0 aliphatic carbocycles. The van der Waals surface area contributed by atoms with Crippen LogP contribution < -0.4 is 0 Å². The van der Waals surface area contributed by atoms with E-state index >= 15 is 0 Å². The molecule has 0 aromatic rings. The van der Waals surface area contributed by atoms with E-state index in [0.717, 1.165) is 25.8 Å². The summed E-state index contributed by atoms with van der Waals surface area (Å²) in [5, 5.41) is 9.08. The monoisotopic (exact) mass is 296 g/mol. The Morgan fingerprint density at radius 1 is 1.29 bits per heavy atom. The van der Waals surface area contributed by atoms with E-state index in [1.165, 1.54) is 0 Å². The van der Waals surface area contributed by atoms with E-state index in [0.29, 0.717) is 19.5 Å². The molecule has 0 aromatic heterocycles. The van der Waals surface area contributed by atoms with Gasteiger partial charge in [0.15, 0.2) is 0 Å². The summed E-state index contributed by atoms with van der Waals surface area (Å²) >= 11 is 0. The number of carbonyl (C=O) groups excluding carboxylic acids is 2. The number of hydrogen-bond acceptors (Lipinski definition) is 3. The highest BCUT2D eigenvalue weighted by atomic mass is 16.4. The van der Waals surface area contributed by atoms with Crippen molar-refractivity contribution in [2.24, 2.45) is 11.8 Å². The molecule has 2 fully saturated rings. The first-order valence-electron chi connectivity index (χ1n) is 7.82. The zero-order valence-electron chi connectivity index (χ0n) is 12.6. The second-order valence-electron chi connectivity index (χ2n) is 6.06. The van der Waals surface area contributed by atoms with Gasteiger partial charge in [0, 0.05) is 32.6 Å². The average molecular weight is 296 g/mol. The van der Waals surface area contributed by atoms with Gasteiger partial charge in [0.05, 0.1) is 11.8 Å². The van der Waals surface area contributed by atoms with Crippen LogP contribution in [0.25, 0.3) is 0 Å². The molecule has 6 nitrogen and oxygen atoms in total. The van der Waals surface area contributed by atoms with E-state index in [4.69, 9.17) is 5.11 Å². The summed E-state index contributed by atoms with van der Waals surface area (Å²) in [6.45, 7) is 4.18. The molecule has 0 unspecified atom stereocenters. The average Bonchev–Trinajstić information content (AvgIpc) is 2.85. The number of carbonyl (C=O) groups is 3. The predicted octanol–water partition coefficient (Wildman–Crippen LogP) is 0.958. The first-order valence-corrected chi connectivity index (χ1v) is 7.82. The van der Waals surface area contributed by atoms with Crippen LogP contribution in [0.1, 0.15) is 39.0 Å². The maximum atomic E-state index is 12.5. The smallest absolute Gasteiger partial charge is 0.308 e. The Labute approximate surface area is 125 Å². The topological polar surface area (TPSA) is 77.9 Å². The van der Waals surface area contributed by atoms with Gasteiger partial charge in [0.2, 0.25) is 11.8 Å². The van der Waals surface area contributed by atoms with Gasteiger partial charge in [-0.15, -0.1) is 0 Å². The minimum absolute atomic E-state index is 0.0479. The molecule has 2 heterocycles. The Kier molecular flexibility index (Phi) is 5.20. The van der Waals surface area contributed by atoms with Gasteiger partial charge in [-0.25, -0.2) is 0 Å². The molecule has 2 rings (SSSR count). The fraction of sp³-hybridized carbons (Fsp3) is 0.800. The highest BCUT2D eigenvalue weighted by Gasteiger charge is 2.38. The lowest BCUT2D eigenvalue weighted by Gasteiger charge is -2.32. The standard InChI is InChI=1S/C15H24N2O4/c1-2-3-6-16-10-12(8-13(16)18)14(19)17-7-4-5-11(9-17)15(20)21/h11-12H,2-10H2,1H3,(H,20,21)/t11-,12+/m1/s1. The van der Waals surface area contributed by atoms with Crippen LogP contribution in [0.3, 0.4) is 0 Å². The summed E-state index contributed by atoms with van der Waals surface area (Å²) in [5.74, 6) is -1.58. The molecular weight excluding hydrogens is 272 g/mol. The largest absolute Gasteiger partial charge is 0.481 e. The third-order valence-corrected chi connectivity index (χ3v) is 4.43. The first kappa shape index (κ1) is 15.8. The number of nitrogens with zero attached hydrogens (tertiary/aromatic N) is 2. The molecule has 1 N–H and O–H groups in total. The molecule has 21 heavy (non-hydrogen) atoms. The predicted molar refractivity (Wildman–Crippen MR) is 76.5 cm³/mol. The van der Waals surface area contributed by atoms with Crippen LogP contribution in [0.5, 0.6) is 0 Å². The van der Waals surface area contributed by atoms with E-state index in [9.17, 15) is 14.4 Å². The van der Waals surface area contributed by atoms with E-state index in [1.807, 2.05) is 0 Å². The lowest BCUT2D eigenvalue weighted by atomic mass is 9.96. The van der Waals surface area contributed by atoms with Gasteiger partial charge >= 0.3 is 5.97 Å². The summed E-state index contributed by atoms with van der Waals surface area (Å²) < 4.78 is 0. The van der Waals surface area contributed by atoms with E-state index in [2.05, 4.69) is 6.92 Å². The quantitative estimate of drug-likeness (QED) is 0.819. The van der Waals surface area contributed by atoms with Crippen LogP contribution in [-0.4, -0.2) is 58.9 Å². The van der Waals surface area contributed by atoms with Gasteiger partial charge in [-0.05, 0) is 19.3 Å². The van der Waals surface area contributed by atoms with Crippen molar-refractivity contribution in [3.8, 4) is 0 Å². The van der Waals surface area contributed by atoms with Crippen LogP contribution in [0.15, 0.2) is 0 Å². The van der Waals surface area contributed by atoms with Crippen molar-refractivity contribution in [2.45, 2.75) is 39.0 Å². The lowest BCUT2D eigenvalue weighted by molar-refractivity contribution is -0.146. The molecule has 2 aliphatic rings. The van der Waals surface area contributed by atoms with Gasteiger partial charge in [0.1, 0.15) is 0 Å². The zero-order valence-corrected chi connectivity index (χ0v) is 12.6. The van der Waals surface area contributed by atoms with Gasteiger partial charge in [-0.3, -0.25) is 14.4 Å². The lowest BCUT2D eigenvalue weighted by Crippen LogP contribution is -2.45. The van der Waals surface area contributed by atoms with Crippen molar-refractivity contribution in [3.63, 3.8) is 0 Å². The Balaban J connectivity index is 1.91. The van der Waals surface area contributed by atoms with Gasteiger partial charge in [-0.2, -0.15) is 0 Å². The van der Waals surface area contributed by atoms with Crippen molar-refractivity contribution >= 4 is 17.8 Å². The number of aliphatic carboxylic acids is 1. The molecule has 2 aliphatic heterocycles. The number of piperidine rings is 1. The van der Waals surface area contributed by atoms with Crippen molar-refractivity contribution in [3.05, 3.63) is 0 Å². The molecule has 0 spiro atoms. The van der Waals surface area contributed by atoms with Crippen molar-refractivity contribution in [1.29, 1.82) is 0 Å². The van der Waals surface area contributed by atoms with Gasteiger partial charge in [-0.1, -0.05) is 13.3 Å². The highest BCUT2D eigenvalue weighted by molar-refractivity contribution is 5.89. The molecule has 0 aromatic carbocycles. The van der Waals surface area contributed by atoms with E-state index in [-0.39, 0.29) is 30.7 Å². The summed E-state index contributed by atoms with van der Waals surface area (Å²) in [5.41, 5.74) is 0. The number of carboxylic acid groups (broad SMARTS) is 1. The normalized spacial score (nSPS) is 26.2. The number of rotatable bonds is 5. The van der Waals surface area contributed by atoms with Crippen LogP contribution in [0, 0.1) is 11.8 Å². The highest BCUT2D eigenvalue weighted by Crippen LogP contribution is 2.24. The number of hydrogen-bond donors (Lipinski definition) is 1. The molecule has 118 valence electrons. The third kappa shape index (κ3) is 3.74. The van der Waals surface area contributed by atoms with Crippen molar-refractivity contribution in [2.75, 3.05) is 26.2 Å². The summed E-state index contributed by atoms with van der Waals surface area (Å²) in [6, 6.07) is 0. The maximum Gasteiger partial charge on any atom is 0.308 e. The number of carboxylic acids is 1. The van der Waals surface area contributed by atoms with E-state index < -0.39 is 11.9 Å².